The molecule has 7 heteroatoms. The number of halogens is 1. The lowest BCUT2D eigenvalue weighted by atomic mass is 10.1. The summed E-state index contributed by atoms with van der Waals surface area (Å²) in [5, 5.41) is 1.15. The molecule has 2 aromatic carbocycles. The molecule has 0 spiro atoms. The van der Waals surface area contributed by atoms with E-state index < -0.39 is 5.97 Å². The van der Waals surface area contributed by atoms with Crippen LogP contribution < -0.4 is 4.74 Å². The van der Waals surface area contributed by atoms with Crippen LogP contribution in [0.3, 0.4) is 0 Å². The van der Waals surface area contributed by atoms with Crippen LogP contribution in [0.25, 0.3) is 10.9 Å². The molecule has 0 aliphatic rings. The minimum atomic E-state index is -0.548. The van der Waals surface area contributed by atoms with Crippen molar-refractivity contribution >= 4 is 34.4 Å². The molecular formula is C22H21ClN2O4. The summed E-state index contributed by atoms with van der Waals surface area (Å²) in [6.07, 6.45) is 0.305. The van der Waals surface area contributed by atoms with Crippen molar-refractivity contribution in [1.29, 1.82) is 0 Å². The van der Waals surface area contributed by atoms with Crippen molar-refractivity contribution < 1.29 is 19.1 Å². The van der Waals surface area contributed by atoms with Gasteiger partial charge in [-0.3, -0.25) is 4.79 Å². The standard InChI is InChI=1S/C22H21ClN2O4/c1-25(19(26)9-14-7-5-4-6-8-14)13-16-11-17(23)10-15-12-18(22(27)29-3)21(28-2)24-20(15)16/h4-8,10-12H,9,13H2,1-3H3. The van der Waals surface area contributed by atoms with Crippen molar-refractivity contribution in [2.24, 2.45) is 0 Å². The first-order chi connectivity index (χ1) is 13.9. The quantitative estimate of drug-likeness (QED) is 0.574. The summed E-state index contributed by atoms with van der Waals surface area (Å²) in [6, 6.07) is 14.7. The summed E-state index contributed by atoms with van der Waals surface area (Å²) in [6.45, 7) is 0.316. The van der Waals surface area contributed by atoms with Gasteiger partial charge in [-0.05, 0) is 29.3 Å². The van der Waals surface area contributed by atoms with E-state index in [-0.39, 0.29) is 17.4 Å². The van der Waals surface area contributed by atoms with E-state index in [0.717, 1.165) is 11.1 Å². The number of rotatable bonds is 6. The third kappa shape index (κ3) is 4.66. The SMILES string of the molecule is COC(=O)c1cc2cc(Cl)cc(CN(C)C(=O)Cc3ccccc3)c2nc1OC. The topological polar surface area (TPSA) is 68.7 Å². The predicted octanol–water partition coefficient (Wildman–Crippen LogP) is 3.88. The zero-order chi connectivity index (χ0) is 21.0. The molecule has 1 amide bonds. The lowest BCUT2D eigenvalue weighted by Gasteiger charge is -2.19. The number of esters is 1. The average Bonchev–Trinajstić information content (AvgIpc) is 2.72. The van der Waals surface area contributed by atoms with E-state index in [1.807, 2.05) is 30.3 Å². The Morgan fingerprint density at radius 3 is 2.48 bits per heavy atom. The first kappa shape index (κ1) is 20.6. The van der Waals surface area contributed by atoms with Crippen LogP contribution in [0.4, 0.5) is 0 Å². The summed E-state index contributed by atoms with van der Waals surface area (Å²) in [5.74, 6) is -0.415. The first-order valence-electron chi connectivity index (χ1n) is 8.96. The second-order valence-electron chi connectivity index (χ2n) is 6.59. The molecule has 0 saturated carbocycles. The number of hydrogen-bond donors (Lipinski definition) is 0. The van der Waals surface area contributed by atoms with Crippen molar-refractivity contribution in [2.75, 3.05) is 21.3 Å². The molecule has 0 fully saturated rings. The molecule has 0 aliphatic heterocycles. The number of pyridine rings is 1. The van der Waals surface area contributed by atoms with Crippen LogP contribution in [-0.2, 0) is 22.5 Å². The molecule has 0 N–H and O–H groups in total. The van der Waals surface area contributed by atoms with Crippen LogP contribution in [0.15, 0.2) is 48.5 Å². The van der Waals surface area contributed by atoms with Crippen molar-refractivity contribution in [1.82, 2.24) is 9.88 Å². The van der Waals surface area contributed by atoms with Crippen molar-refractivity contribution in [3.63, 3.8) is 0 Å². The van der Waals surface area contributed by atoms with E-state index in [0.29, 0.717) is 28.9 Å². The maximum Gasteiger partial charge on any atom is 0.343 e. The number of carbonyl (C=O) groups excluding carboxylic acids is 2. The number of hydrogen-bond acceptors (Lipinski definition) is 5. The van der Waals surface area contributed by atoms with E-state index in [2.05, 4.69) is 4.98 Å². The van der Waals surface area contributed by atoms with Crippen molar-refractivity contribution in [2.45, 2.75) is 13.0 Å². The Morgan fingerprint density at radius 1 is 1.10 bits per heavy atom. The van der Waals surface area contributed by atoms with Crippen LogP contribution in [0.2, 0.25) is 5.02 Å². The van der Waals surface area contributed by atoms with Gasteiger partial charge < -0.3 is 14.4 Å². The second kappa shape index (κ2) is 8.92. The minimum Gasteiger partial charge on any atom is -0.480 e. The van der Waals surface area contributed by atoms with Crippen LogP contribution in [0.1, 0.15) is 21.5 Å². The number of ether oxygens (including phenoxy) is 2. The third-order valence-electron chi connectivity index (χ3n) is 4.56. The Morgan fingerprint density at radius 2 is 1.83 bits per heavy atom. The smallest absolute Gasteiger partial charge is 0.343 e. The molecular weight excluding hydrogens is 392 g/mol. The number of fused-ring (bicyclic) bond motifs is 1. The highest BCUT2D eigenvalue weighted by atomic mass is 35.5. The summed E-state index contributed by atoms with van der Waals surface area (Å²) in [5.41, 5.74) is 2.52. The Balaban J connectivity index is 1.94. The van der Waals surface area contributed by atoms with Gasteiger partial charge in [-0.1, -0.05) is 41.9 Å². The zero-order valence-electron chi connectivity index (χ0n) is 16.4. The van der Waals surface area contributed by atoms with Crippen LogP contribution in [0.5, 0.6) is 5.88 Å². The largest absolute Gasteiger partial charge is 0.480 e. The van der Waals surface area contributed by atoms with Gasteiger partial charge in [-0.25, -0.2) is 9.78 Å². The molecule has 1 heterocycles. The lowest BCUT2D eigenvalue weighted by molar-refractivity contribution is -0.129. The number of carbonyl (C=O) groups is 2. The Labute approximate surface area is 174 Å². The minimum absolute atomic E-state index is 0.0255. The van der Waals surface area contributed by atoms with E-state index in [1.54, 1.807) is 30.1 Å². The molecule has 150 valence electrons. The van der Waals surface area contributed by atoms with Gasteiger partial charge in [0.2, 0.25) is 11.8 Å². The maximum atomic E-state index is 12.6. The second-order valence-corrected chi connectivity index (χ2v) is 7.02. The molecule has 29 heavy (non-hydrogen) atoms. The Bertz CT molecular complexity index is 1050. The van der Waals surface area contributed by atoms with Crippen LogP contribution in [-0.4, -0.2) is 43.0 Å². The van der Waals surface area contributed by atoms with Gasteiger partial charge in [0, 0.05) is 24.0 Å². The number of benzene rings is 2. The van der Waals surface area contributed by atoms with Gasteiger partial charge in [0.05, 0.1) is 26.2 Å². The van der Waals surface area contributed by atoms with Crippen LogP contribution in [0, 0.1) is 0 Å². The maximum absolute atomic E-state index is 12.6. The highest BCUT2D eigenvalue weighted by Crippen LogP contribution is 2.29. The Kier molecular flexibility index (Phi) is 6.34. The highest BCUT2D eigenvalue weighted by molar-refractivity contribution is 6.31. The van der Waals surface area contributed by atoms with Gasteiger partial charge in [-0.15, -0.1) is 0 Å². The van der Waals surface area contributed by atoms with Gasteiger partial charge in [0.1, 0.15) is 5.56 Å². The van der Waals surface area contributed by atoms with E-state index in [9.17, 15) is 9.59 Å². The summed E-state index contributed by atoms with van der Waals surface area (Å²) < 4.78 is 10.1. The van der Waals surface area contributed by atoms with Gasteiger partial charge in [0.25, 0.3) is 0 Å². The predicted molar refractivity (Wildman–Crippen MR) is 111 cm³/mol. The van der Waals surface area contributed by atoms with Gasteiger partial charge >= 0.3 is 5.97 Å². The third-order valence-corrected chi connectivity index (χ3v) is 4.78. The number of likely N-dealkylation sites (N-methyl/N-ethyl adjacent to an activating group) is 1. The molecule has 6 nitrogen and oxygen atoms in total. The van der Waals surface area contributed by atoms with Gasteiger partial charge in [0.15, 0.2) is 0 Å². The van der Waals surface area contributed by atoms with Crippen LogP contribution >= 0.6 is 11.6 Å². The lowest BCUT2D eigenvalue weighted by Crippen LogP contribution is -2.27. The average molecular weight is 413 g/mol. The number of aromatic nitrogens is 1. The Hall–Kier alpha value is -3.12. The molecule has 0 saturated heterocycles. The fraction of sp³-hybridized carbons (Fsp3) is 0.227. The molecule has 0 radical (unpaired) electrons. The van der Waals surface area contributed by atoms with Gasteiger partial charge in [-0.2, -0.15) is 0 Å². The number of nitrogens with zero attached hydrogens (tertiary/aromatic N) is 2. The zero-order valence-corrected chi connectivity index (χ0v) is 17.2. The highest BCUT2D eigenvalue weighted by Gasteiger charge is 2.19. The van der Waals surface area contributed by atoms with E-state index >= 15 is 0 Å². The normalized spacial score (nSPS) is 10.6. The molecule has 0 bridgehead atoms. The molecule has 3 rings (SSSR count). The van der Waals surface area contributed by atoms with E-state index in [1.165, 1.54) is 14.2 Å². The molecule has 0 aliphatic carbocycles. The fourth-order valence-electron chi connectivity index (χ4n) is 3.09. The summed E-state index contributed by atoms with van der Waals surface area (Å²) >= 11 is 6.28. The molecule has 3 aromatic rings. The molecule has 1 aromatic heterocycles. The summed E-state index contributed by atoms with van der Waals surface area (Å²) in [4.78, 5) is 30.8. The number of methoxy groups -OCH3 is 2. The number of amides is 1. The molecule has 0 atom stereocenters. The fourth-order valence-corrected chi connectivity index (χ4v) is 3.33. The molecule has 0 unspecified atom stereocenters. The van der Waals surface area contributed by atoms with Crippen molar-refractivity contribution in [3.8, 4) is 5.88 Å². The summed E-state index contributed by atoms with van der Waals surface area (Å²) in [7, 11) is 4.46. The first-order valence-corrected chi connectivity index (χ1v) is 9.34. The van der Waals surface area contributed by atoms with E-state index in [4.69, 9.17) is 21.1 Å². The monoisotopic (exact) mass is 412 g/mol. The van der Waals surface area contributed by atoms with Crippen molar-refractivity contribution in [3.05, 3.63) is 70.2 Å².